The van der Waals surface area contributed by atoms with Crippen LogP contribution in [0.25, 0.3) is 0 Å². The summed E-state index contributed by atoms with van der Waals surface area (Å²) in [6.45, 7) is 1.96. The molecule has 0 radical (unpaired) electrons. The van der Waals surface area contributed by atoms with Crippen molar-refractivity contribution in [3.8, 4) is 0 Å². The van der Waals surface area contributed by atoms with Gasteiger partial charge in [-0.25, -0.2) is 0 Å². The second-order valence-electron chi connectivity index (χ2n) is 4.38. The Kier molecular flexibility index (Phi) is 1.14. The zero-order chi connectivity index (χ0) is 9.05. The standard InChI is InChI=1S/C12H12O/c1-8-10(12-6-9(12)7-12)4-2-3-5-11(8)13/h2-5,9H,6-7H2,1H3. The second kappa shape index (κ2) is 2.03. The fourth-order valence-electron chi connectivity index (χ4n) is 2.36. The molecule has 0 unspecified atom stereocenters. The van der Waals surface area contributed by atoms with Crippen LogP contribution in [0.5, 0.6) is 0 Å². The van der Waals surface area contributed by atoms with Gasteiger partial charge >= 0.3 is 0 Å². The van der Waals surface area contributed by atoms with Crippen LogP contribution in [-0.2, 0) is 5.41 Å². The van der Waals surface area contributed by atoms with Crippen LogP contribution in [0.4, 0.5) is 0 Å². The molecule has 66 valence electrons. The molecule has 2 fully saturated rings. The van der Waals surface area contributed by atoms with Crippen molar-refractivity contribution in [2.75, 3.05) is 0 Å². The summed E-state index contributed by atoms with van der Waals surface area (Å²) in [6, 6.07) is 7.63. The van der Waals surface area contributed by atoms with Crippen molar-refractivity contribution in [1.29, 1.82) is 0 Å². The van der Waals surface area contributed by atoms with Crippen LogP contribution in [0, 0.1) is 12.8 Å². The average molecular weight is 172 g/mol. The number of hydrogen-bond acceptors (Lipinski definition) is 1. The highest BCUT2D eigenvalue weighted by atomic mass is 16.1. The lowest BCUT2D eigenvalue weighted by Crippen LogP contribution is -2.05. The van der Waals surface area contributed by atoms with Crippen LogP contribution in [0.15, 0.2) is 29.1 Å². The smallest absolute Gasteiger partial charge is 0.181 e. The normalized spacial score (nSPS) is 33.8. The summed E-state index contributed by atoms with van der Waals surface area (Å²) < 4.78 is 0. The van der Waals surface area contributed by atoms with Crippen LogP contribution in [-0.4, -0.2) is 0 Å². The molecular weight excluding hydrogens is 160 g/mol. The lowest BCUT2D eigenvalue weighted by Gasteiger charge is -2.03. The van der Waals surface area contributed by atoms with E-state index in [0.29, 0.717) is 5.41 Å². The molecule has 2 aliphatic carbocycles. The maximum Gasteiger partial charge on any atom is 0.181 e. The van der Waals surface area contributed by atoms with Crippen molar-refractivity contribution in [3.05, 3.63) is 45.6 Å². The third kappa shape index (κ3) is 0.846. The van der Waals surface area contributed by atoms with Gasteiger partial charge in [0, 0.05) is 5.56 Å². The third-order valence-electron chi connectivity index (χ3n) is 3.61. The zero-order valence-electron chi connectivity index (χ0n) is 7.71. The number of fused-ring (bicyclic) bond motifs is 1. The molecule has 0 heterocycles. The molecule has 0 amide bonds. The largest absolute Gasteiger partial charge is 0.290 e. The lowest BCUT2D eigenvalue weighted by atomic mass is 10.0. The predicted octanol–water partition coefficient (Wildman–Crippen LogP) is 2.02. The Morgan fingerprint density at radius 3 is 2.54 bits per heavy atom. The predicted molar refractivity (Wildman–Crippen MR) is 51.9 cm³/mol. The first kappa shape index (κ1) is 7.31. The third-order valence-corrected chi connectivity index (χ3v) is 3.61. The zero-order valence-corrected chi connectivity index (χ0v) is 7.71. The van der Waals surface area contributed by atoms with Gasteiger partial charge in [-0.2, -0.15) is 0 Å². The first-order valence-electron chi connectivity index (χ1n) is 4.84. The van der Waals surface area contributed by atoms with Gasteiger partial charge in [0.2, 0.25) is 0 Å². The van der Waals surface area contributed by atoms with Crippen LogP contribution in [0.1, 0.15) is 24.0 Å². The number of hydrogen-bond donors (Lipinski definition) is 0. The fraction of sp³-hybridized carbons (Fsp3) is 0.417. The van der Waals surface area contributed by atoms with Crippen LogP contribution < -0.4 is 5.43 Å². The minimum absolute atomic E-state index is 0.187. The summed E-state index contributed by atoms with van der Waals surface area (Å²) in [5, 5.41) is 0. The summed E-state index contributed by atoms with van der Waals surface area (Å²) in [7, 11) is 0. The maximum atomic E-state index is 11.5. The minimum atomic E-state index is 0.187. The SMILES string of the molecule is Cc1c(C23CC2C3)ccccc1=O. The monoisotopic (exact) mass is 172 g/mol. The summed E-state index contributed by atoms with van der Waals surface area (Å²) in [5.41, 5.74) is 2.92. The molecule has 0 N–H and O–H groups in total. The Balaban J connectivity index is 2.26. The van der Waals surface area contributed by atoms with Crippen molar-refractivity contribution in [2.24, 2.45) is 5.92 Å². The van der Waals surface area contributed by atoms with Gasteiger partial charge in [-0.05, 0) is 42.7 Å². The molecule has 0 spiro atoms. The molecule has 1 aromatic rings. The first-order valence-corrected chi connectivity index (χ1v) is 4.84. The van der Waals surface area contributed by atoms with Crippen LogP contribution in [0.2, 0.25) is 0 Å². The van der Waals surface area contributed by atoms with Crippen LogP contribution in [0.3, 0.4) is 0 Å². The van der Waals surface area contributed by atoms with Crippen molar-refractivity contribution < 1.29 is 0 Å². The molecule has 2 saturated carbocycles. The summed E-state index contributed by atoms with van der Waals surface area (Å²) >= 11 is 0. The molecule has 0 aromatic heterocycles. The van der Waals surface area contributed by atoms with Gasteiger partial charge in [-0.15, -0.1) is 0 Å². The summed E-state index contributed by atoms with van der Waals surface area (Å²) in [4.78, 5) is 11.5. The Hall–Kier alpha value is -1.11. The van der Waals surface area contributed by atoms with Gasteiger partial charge in [0.25, 0.3) is 0 Å². The molecule has 1 nitrogen and oxygen atoms in total. The van der Waals surface area contributed by atoms with E-state index in [1.54, 1.807) is 6.07 Å². The summed E-state index contributed by atoms with van der Waals surface area (Å²) in [5.74, 6) is 0.910. The molecular formula is C12H12O. The Morgan fingerprint density at radius 1 is 1.31 bits per heavy atom. The van der Waals surface area contributed by atoms with Crippen molar-refractivity contribution in [3.63, 3.8) is 0 Å². The van der Waals surface area contributed by atoms with Gasteiger partial charge in [0.1, 0.15) is 0 Å². The maximum absolute atomic E-state index is 11.5. The molecule has 13 heavy (non-hydrogen) atoms. The number of rotatable bonds is 1. The minimum Gasteiger partial charge on any atom is -0.290 e. The van der Waals surface area contributed by atoms with E-state index < -0.39 is 0 Å². The molecule has 3 rings (SSSR count). The summed E-state index contributed by atoms with van der Waals surface area (Å²) in [6.07, 6.45) is 2.63. The highest BCUT2D eigenvalue weighted by Crippen LogP contribution is 2.75. The molecule has 1 aromatic carbocycles. The molecule has 0 bridgehead atoms. The van der Waals surface area contributed by atoms with E-state index in [1.807, 2.05) is 19.1 Å². The van der Waals surface area contributed by atoms with E-state index in [1.165, 1.54) is 18.4 Å². The lowest BCUT2D eigenvalue weighted by molar-refractivity contribution is 0.816. The van der Waals surface area contributed by atoms with E-state index in [0.717, 1.165) is 11.5 Å². The van der Waals surface area contributed by atoms with Crippen molar-refractivity contribution in [1.82, 2.24) is 0 Å². The topological polar surface area (TPSA) is 17.1 Å². The Bertz CT molecular complexity index is 427. The van der Waals surface area contributed by atoms with Crippen LogP contribution >= 0.6 is 0 Å². The van der Waals surface area contributed by atoms with E-state index in [4.69, 9.17) is 0 Å². The molecule has 0 saturated heterocycles. The van der Waals surface area contributed by atoms with E-state index >= 15 is 0 Å². The highest BCUT2D eigenvalue weighted by Gasteiger charge is 2.70. The van der Waals surface area contributed by atoms with E-state index in [9.17, 15) is 4.79 Å². The molecule has 1 heteroatoms. The van der Waals surface area contributed by atoms with Gasteiger partial charge in [-0.3, -0.25) is 4.79 Å². The molecule has 2 aliphatic rings. The van der Waals surface area contributed by atoms with Gasteiger partial charge in [0.15, 0.2) is 5.43 Å². The van der Waals surface area contributed by atoms with E-state index in [2.05, 4.69) is 6.07 Å². The quantitative estimate of drug-likeness (QED) is 0.633. The van der Waals surface area contributed by atoms with Crippen molar-refractivity contribution in [2.45, 2.75) is 25.2 Å². The Morgan fingerprint density at radius 2 is 1.92 bits per heavy atom. The second-order valence-corrected chi connectivity index (χ2v) is 4.38. The fourth-order valence-corrected chi connectivity index (χ4v) is 2.36. The molecule has 0 aliphatic heterocycles. The van der Waals surface area contributed by atoms with Gasteiger partial charge in [-0.1, -0.05) is 18.2 Å². The highest BCUT2D eigenvalue weighted by molar-refractivity contribution is 5.46. The van der Waals surface area contributed by atoms with Crippen molar-refractivity contribution >= 4 is 0 Å². The Labute approximate surface area is 77.4 Å². The van der Waals surface area contributed by atoms with Gasteiger partial charge < -0.3 is 0 Å². The van der Waals surface area contributed by atoms with E-state index in [-0.39, 0.29) is 5.43 Å². The average Bonchev–Trinajstić information content (AvgIpc) is 2.87. The molecule has 0 atom stereocenters. The first-order chi connectivity index (χ1) is 6.24. The van der Waals surface area contributed by atoms with Gasteiger partial charge in [0.05, 0.1) is 0 Å².